The summed E-state index contributed by atoms with van der Waals surface area (Å²) in [7, 11) is 0. The van der Waals surface area contributed by atoms with Gasteiger partial charge in [-0.2, -0.15) is 0 Å². The summed E-state index contributed by atoms with van der Waals surface area (Å²) in [5.74, 6) is 0.0799. The average molecular weight is 429 g/mol. The van der Waals surface area contributed by atoms with E-state index in [9.17, 15) is 4.79 Å². The normalized spacial score (nSPS) is 16.2. The van der Waals surface area contributed by atoms with Gasteiger partial charge < -0.3 is 9.88 Å². The van der Waals surface area contributed by atoms with Crippen LogP contribution in [-0.2, 0) is 0 Å². The van der Waals surface area contributed by atoms with Crippen LogP contribution in [0.1, 0.15) is 46.1 Å². The predicted octanol–water partition coefficient (Wildman–Crippen LogP) is 7.14. The molecule has 1 aromatic heterocycles. The summed E-state index contributed by atoms with van der Waals surface area (Å²) in [6, 6.07) is 36.9. The first-order valence-electron chi connectivity index (χ1n) is 11.4. The molecule has 0 fully saturated rings. The van der Waals surface area contributed by atoms with Crippen LogP contribution >= 0.6 is 0 Å². The van der Waals surface area contributed by atoms with E-state index in [1.54, 1.807) is 0 Å². The van der Waals surface area contributed by atoms with Crippen molar-refractivity contribution in [1.29, 1.82) is 0 Å². The maximum Gasteiger partial charge on any atom is 0.255 e. The number of H-pyrrole nitrogens is 1. The highest BCUT2D eigenvalue weighted by Crippen LogP contribution is 2.48. The van der Waals surface area contributed by atoms with E-state index in [2.05, 4.69) is 83.5 Å². The zero-order valence-corrected chi connectivity index (χ0v) is 18.4. The molecule has 0 aliphatic carbocycles. The van der Waals surface area contributed by atoms with Crippen molar-refractivity contribution in [2.45, 2.75) is 19.0 Å². The molecule has 1 aliphatic heterocycles. The number of aromatic nitrogens is 1. The molecule has 0 bridgehead atoms. The molecule has 2 atom stereocenters. The Bertz CT molecular complexity index is 1450. The zero-order chi connectivity index (χ0) is 22.4. The Morgan fingerprint density at radius 1 is 0.758 bits per heavy atom. The van der Waals surface area contributed by atoms with Gasteiger partial charge in [0.05, 0.1) is 17.8 Å². The summed E-state index contributed by atoms with van der Waals surface area (Å²) in [6.07, 6.45) is 0. The van der Waals surface area contributed by atoms with Gasteiger partial charge in [0, 0.05) is 22.0 Å². The molecule has 160 valence electrons. The molecule has 4 aromatic carbocycles. The predicted molar refractivity (Wildman–Crippen MR) is 133 cm³/mol. The second-order valence-electron chi connectivity index (χ2n) is 8.61. The fourth-order valence-electron chi connectivity index (χ4n) is 5.20. The lowest BCUT2D eigenvalue weighted by Crippen LogP contribution is -2.31. The molecule has 3 nitrogen and oxygen atoms in total. The Morgan fingerprint density at radius 2 is 1.39 bits per heavy atom. The fourth-order valence-corrected chi connectivity index (χ4v) is 5.20. The topological polar surface area (TPSA) is 36.1 Å². The third kappa shape index (κ3) is 3.08. The van der Waals surface area contributed by atoms with Crippen LogP contribution < -0.4 is 0 Å². The largest absolute Gasteiger partial charge is 0.354 e. The number of benzene rings is 4. The summed E-state index contributed by atoms with van der Waals surface area (Å²) in [5, 5.41) is 1.15. The van der Waals surface area contributed by atoms with Crippen molar-refractivity contribution >= 4 is 16.8 Å². The van der Waals surface area contributed by atoms with Crippen molar-refractivity contribution in [3.63, 3.8) is 0 Å². The van der Waals surface area contributed by atoms with E-state index >= 15 is 0 Å². The van der Waals surface area contributed by atoms with Crippen LogP contribution in [0.4, 0.5) is 0 Å². The molecule has 2 heterocycles. The van der Waals surface area contributed by atoms with Gasteiger partial charge in [0.15, 0.2) is 0 Å². The summed E-state index contributed by atoms with van der Waals surface area (Å²) in [5.41, 5.74) is 7.39. The monoisotopic (exact) mass is 428 g/mol. The van der Waals surface area contributed by atoms with Crippen molar-refractivity contribution in [3.8, 4) is 11.3 Å². The van der Waals surface area contributed by atoms with E-state index in [-0.39, 0.29) is 18.0 Å². The second-order valence-corrected chi connectivity index (χ2v) is 8.61. The minimum absolute atomic E-state index is 0.0756. The molecule has 6 rings (SSSR count). The van der Waals surface area contributed by atoms with Crippen LogP contribution in [0.2, 0.25) is 0 Å². The first-order chi connectivity index (χ1) is 16.2. The van der Waals surface area contributed by atoms with Gasteiger partial charge in [0.25, 0.3) is 5.91 Å². The van der Waals surface area contributed by atoms with Crippen LogP contribution in [0.5, 0.6) is 0 Å². The number of hydrogen-bond acceptors (Lipinski definition) is 1. The second kappa shape index (κ2) is 7.79. The molecular weight excluding hydrogens is 404 g/mol. The summed E-state index contributed by atoms with van der Waals surface area (Å²) in [6.45, 7) is 2.13. The lowest BCUT2D eigenvalue weighted by Gasteiger charge is -2.32. The Balaban J connectivity index is 1.63. The molecule has 1 aliphatic rings. The maximum absolute atomic E-state index is 13.8. The lowest BCUT2D eigenvalue weighted by molar-refractivity contribution is 0.0678. The van der Waals surface area contributed by atoms with E-state index in [0.717, 1.165) is 44.4 Å². The Hall–Kier alpha value is -4.11. The molecule has 0 saturated carbocycles. The number of para-hydroxylation sites is 1. The number of amides is 1. The number of carbonyl (C=O) groups is 1. The van der Waals surface area contributed by atoms with E-state index in [1.165, 1.54) is 0 Å². The Labute approximate surface area is 193 Å². The molecule has 3 heteroatoms. The highest BCUT2D eigenvalue weighted by molar-refractivity contribution is 6.02. The number of carbonyl (C=O) groups excluding carboxylic acids is 1. The SMILES string of the molecule is C[C@H](c1ccccc1)N1C(=O)c2ccccc2[C@H]1c1c(-c2ccccc2)[nH]c2ccccc12. The number of nitrogens with one attached hydrogen (secondary N) is 1. The third-order valence-corrected chi connectivity index (χ3v) is 6.78. The number of aromatic amines is 1. The Morgan fingerprint density at radius 3 is 2.18 bits per heavy atom. The van der Waals surface area contributed by atoms with Crippen molar-refractivity contribution in [2.75, 3.05) is 0 Å². The van der Waals surface area contributed by atoms with Crippen molar-refractivity contribution in [2.24, 2.45) is 0 Å². The summed E-state index contributed by atoms with van der Waals surface area (Å²) < 4.78 is 0. The van der Waals surface area contributed by atoms with Gasteiger partial charge in [-0.25, -0.2) is 0 Å². The van der Waals surface area contributed by atoms with E-state index in [1.807, 2.05) is 42.5 Å². The van der Waals surface area contributed by atoms with Gasteiger partial charge in [-0.15, -0.1) is 0 Å². The summed E-state index contributed by atoms with van der Waals surface area (Å²) >= 11 is 0. The number of nitrogens with zero attached hydrogens (tertiary/aromatic N) is 1. The molecule has 33 heavy (non-hydrogen) atoms. The molecule has 0 unspecified atom stereocenters. The van der Waals surface area contributed by atoms with E-state index in [4.69, 9.17) is 0 Å². The smallest absolute Gasteiger partial charge is 0.255 e. The highest BCUT2D eigenvalue weighted by atomic mass is 16.2. The minimum atomic E-state index is -0.185. The number of rotatable bonds is 4. The quantitative estimate of drug-likeness (QED) is 0.324. The number of hydrogen-bond donors (Lipinski definition) is 1. The van der Waals surface area contributed by atoms with Gasteiger partial charge in [-0.3, -0.25) is 4.79 Å². The third-order valence-electron chi connectivity index (χ3n) is 6.78. The van der Waals surface area contributed by atoms with Crippen molar-refractivity contribution in [1.82, 2.24) is 9.88 Å². The van der Waals surface area contributed by atoms with Gasteiger partial charge in [-0.05, 0) is 35.7 Å². The van der Waals surface area contributed by atoms with Crippen LogP contribution in [-0.4, -0.2) is 15.8 Å². The molecule has 5 aromatic rings. The lowest BCUT2D eigenvalue weighted by atomic mass is 9.92. The molecule has 1 N–H and O–H groups in total. The number of fused-ring (bicyclic) bond motifs is 2. The van der Waals surface area contributed by atoms with Crippen LogP contribution in [0.3, 0.4) is 0 Å². The minimum Gasteiger partial charge on any atom is -0.354 e. The molecular formula is C30H24N2O. The standard InChI is InChI=1S/C30H24N2O/c1-20(21-12-4-2-5-13-21)32-29(23-16-8-9-17-24(23)30(32)33)27-25-18-10-11-19-26(25)31-28(27)22-14-6-3-7-15-22/h2-20,29,31H,1H3/t20-,29+/m1/s1. The first-order valence-corrected chi connectivity index (χ1v) is 11.4. The van der Waals surface area contributed by atoms with Crippen LogP contribution in [0, 0.1) is 0 Å². The van der Waals surface area contributed by atoms with Gasteiger partial charge >= 0.3 is 0 Å². The first kappa shape index (κ1) is 19.6. The zero-order valence-electron chi connectivity index (χ0n) is 18.4. The van der Waals surface area contributed by atoms with Crippen LogP contribution in [0.15, 0.2) is 109 Å². The van der Waals surface area contributed by atoms with E-state index in [0.29, 0.717) is 0 Å². The van der Waals surface area contributed by atoms with Crippen molar-refractivity contribution < 1.29 is 4.79 Å². The van der Waals surface area contributed by atoms with Gasteiger partial charge in [0.2, 0.25) is 0 Å². The molecule has 0 radical (unpaired) electrons. The molecule has 1 amide bonds. The van der Waals surface area contributed by atoms with Gasteiger partial charge in [0.1, 0.15) is 0 Å². The molecule has 0 spiro atoms. The fraction of sp³-hybridized carbons (Fsp3) is 0.100. The van der Waals surface area contributed by atoms with E-state index < -0.39 is 0 Å². The molecule has 0 saturated heterocycles. The average Bonchev–Trinajstić information content (AvgIpc) is 3.40. The van der Waals surface area contributed by atoms with Crippen LogP contribution in [0.25, 0.3) is 22.2 Å². The van der Waals surface area contributed by atoms with Gasteiger partial charge in [-0.1, -0.05) is 97.1 Å². The van der Waals surface area contributed by atoms with Crippen molar-refractivity contribution in [3.05, 3.63) is 131 Å². The summed E-state index contributed by atoms with van der Waals surface area (Å²) in [4.78, 5) is 19.5. The maximum atomic E-state index is 13.8. The Kier molecular flexibility index (Phi) is 4.62. The highest BCUT2D eigenvalue weighted by Gasteiger charge is 2.42.